The highest BCUT2D eigenvalue weighted by atomic mass is 19.1. The summed E-state index contributed by atoms with van der Waals surface area (Å²) in [5.41, 5.74) is 1.72. The molecule has 0 heterocycles. The van der Waals surface area contributed by atoms with Crippen LogP contribution in [0.5, 0.6) is 0 Å². The maximum atomic E-state index is 12.6. The molecule has 0 radical (unpaired) electrons. The molecule has 2 rings (SSSR count). The second-order valence-corrected chi connectivity index (χ2v) is 2.08. The van der Waals surface area contributed by atoms with Gasteiger partial charge in [-0.15, -0.1) is 0 Å². The van der Waals surface area contributed by atoms with Gasteiger partial charge in [-0.2, -0.15) is 0 Å². The van der Waals surface area contributed by atoms with Gasteiger partial charge in [0.15, 0.2) is 0 Å². The van der Waals surface area contributed by atoms with Gasteiger partial charge in [0.05, 0.1) is 0 Å². The zero-order valence-electron chi connectivity index (χ0n) is 4.76. The third kappa shape index (κ3) is 0.515. The molecule has 2 aliphatic rings. The van der Waals surface area contributed by atoms with E-state index in [1.807, 2.05) is 12.2 Å². The smallest absolute Gasteiger partial charge is 0.131 e. The van der Waals surface area contributed by atoms with Crippen LogP contribution in [0, 0.1) is 0 Å². The number of allylic oxidation sites excluding steroid dienone is 8. The molecule has 0 saturated heterocycles. The Kier molecular flexibility index (Phi) is 0.758. The number of fused-ring (bicyclic) bond motifs is 1. The Labute approximate surface area is 52.7 Å². The molecule has 0 aromatic rings. The van der Waals surface area contributed by atoms with Crippen LogP contribution in [0.3, 0.4) is 0 Å². The van der Waals surface area contributed by atoms with Gasteiger partial charge in [0.2, 0.25) is 0 Å². The molecule has 0 unspecified atom stereocenters. The van der Waals surface area contributed by atoms with E-state index in [1.54, 1.807) is 12.2 Å². The van der Waals surface area contributed by atoms with Gasteiger partial charge in [0, 0.05) is 5.57 Å². The first-order chi connectivity index (χ1) is 4.38. The molecule has 44 valence electrons. The average molecular weight is 120 g/mol. The lowest BCUT2D eigenvalue weighted by Crippen LogP contribution is -1.74. The summed E-state index contributed by atoms with van der Waals surface area (Å²) in [6, 6.07) is 0. The van der Waals surface area contributed by atoms with Crippen molar-refractivity contribution in [2.45, 2.75) is 0 Å². The lowest BCUT2D eigenvalue weighted by atomic mass is 10.2. The van der Waals surface area contributed by atoms with Crippen LogP contribution < -0.4 is 0 Å². The molecule has 0 nitrogen and oxygen atoms in total. The van der Waals surface area contributed by atoms with E-state index < -0.39 is 0 Å². The molecule has 0 aromatic carbocycles. The van der Waals surface area contributed by atoms with E-state index >= 15 is 0 Å². The van der Waals surface area contributed by atoms with Crippen molar-refractivity contribution in [2.24, 2.45) is 0 Å². The Morgan fingerprint density at radius 2 is 2.00 bits per heavy atom. The zero-order chi connectivity index (χ0) is 6.27. The van der Waals surface area contributed by atoms with Crippen LogP contribution in [0.2, 0.25) is 0 Å². The molecule has 0 aliphatic heterocycles. The van der Waals surface area contributed by atoms with Crippen molar-refractivity contribution in [1.29, 1.82) is 0 Å². The molecule has 0 atom stereocenters. The van der Waals surface area contributed by atoms with Crippen LogP contribution in [-0.4, -0.2) is 0 Å². The lowest BCUT2D eigenvalue weighted by molar-refractivity contribution is 0.660. The van der Waals surface area contributed by atoms with E-state index in [0.717, 1.165) is 11.1 Å². The summed E-state index contributed by atoms with van der Waals surface area (Å²) in [5.74, 6) is -0.116. The molecule has 0 fully saturated rings. The molecule has 9 heavy (non-hydrogen) atoms. The number of rotatable bonds is 0. The Morgan fingerprint density at radius 1 is 1.11 bits per heavy atom. The fraction of sp³-hybridized carbons (Fsp3) is 0. The third-order valence-corrected chi connectivity index (χ3v) is 1.52. The van der Waals surface area contributed by atoms with Crippen LogP contribution in [0.4, 0.5) is 4.39 Å². The minimum Gasteiger partial charge on any atom is -0.206 e. The van der Waals surface area contributed by atoms with Crippen molar-refractivity contribution in [3.8, 4) is 0 Å². The molecular weight excluding hydrogens is 115 g/mol. The fourth-order valence-electron chi connectivity index (χ4n) is 1.05. The van der Waals surface area contributed by atoms with Gasteiger partial charge in [0.1, 0.15) is 5.83 Å². The van der Waals surface area contributed by atoms with Gasteiger partial charge < -0.3 is 0 Å². The molecule has 0 amide bonds. The maximum Gasteiger partial charge on any atom is 0.131 e. The monoisotopic (exact) mass is 120 g/mol. The van der Waals surface area contributed by atoms with Crippen LogP contribution >= 0.6 is 0 Å². The first-order valence-corrected chi connectivity index (χ1v) is 2.84. The SMILES string of the molecule is FC1=CC=C2C=CC=C12. The first-order valence-electron chi connectivity index (χ1n) is 2.84. The van der Waals surface area contributed by atoms with Gasteiger partial charge in [-0.1, -0.05) is 24.3 Å². The summed E-state index contributed by atoms with van der Waals surface area (Å²) < 4.78 is 12.6. The first kappa shape index (κ1) is 4.74. The van der Waals surface area contributed by atoms with Crippen LogP contribution in [0.15, 0.2) is 47.4 Å². The predicted molar refractivity (Wildman–Crippen MR) is 34.5 cm³/mol. The van der Waals surface area contributed by atoms with Gasteiger partial charge in [-0.3, -0.25) is 0 Å². The third-order valence-electron chi connectivity index (χ3n) is 1.52. The van der Waals surface area contributed by atoms with Crippen LogP contribution in [0.25, 0.3) is 0 Å². The lowest BCUT2D eigenvalue weighted by Gasteiger charge is -1.90. The Hall–Kier alpha value is -1.11. The van der Waals surface area contributed by atoms with Gasteiger partial charge in [0.25, 0.3) is 0 Å². The summed E-state index contributed by atoms with van der Waals surface area (Å²) >= 11 is 0. The van der Waals surface area contributed by atoms with Crippen LogP contribution in [-0.2, 0) is 0 Å². The van der Waals surface area contributed by atoms with Crippen molar-refractivity contribution < 1.29 is 4.39 Å². The molecule has 0 bridgehead atoms. The van der Waals surface area contributed by atoms with Gasteiger partial charge in [-0.25, -0.2) is 4.39 Å². The number of halogens is 1. The average Bonchev–Trinajstić information content (AvgIpc) is 2.35. The zero-order valence-corrected chi connectivity index (χ0v) is 4.76. The van der Waals surface area contributed by atoms with Crippen molar-refractivity contribution in [1.82, 2.24) is 0 Å². The van der Waals surface area contributed by atoms with Crippen molar-refractivity contribution in [2.75, 3.05) is 0 Å². The summed E-state index contributed by atoms with van der Waals surface area (Å²) in [6.07, 6.45) is 8.81. The van der Waals surface area contributed by atoms with E-state index in [9.17, 15) is 4.39 Å². The second-order valence-electron chi connectivity index (χ2n) is 2.08. The summed E-state index contributed by atoms with van der Waals surface area (Å²) in [5, 5.41) is 0. The topological polar surface area (TPSA) is 0 Å². The van der Waals surface area contributed by atoms with Crippen molar-refractivity contribution in [3.05, 3.63) is 47.4 Å². The minimum atomic E-state index is -0.116. The van der Waals surface area contributed by atoms with E-state index in [2.05, 4.69) is 0 Å². The Balaban J connectivity index is 2.53. The standard InChI is InChI=1S/C8H5F/c9-8-5-4-6-2-1-3-7(6)8/h1-5H. The van der Waals surface area contributed by atoms with Gasteiger partial charge in [-0.05, 0) is 11.6 Å². The maximum absolute atomic E-state index is 12.6. The van der Waals surface area contributed by atoms with Crippen molar-refractivity contribution >= 4 is 0 Å². The van der Waals surface area contributed by atoms with E-state index in [0.29, 0.717) is 0 Å². The molecule has 0 saturated carbocycles. The normalized spacial score (nSPS) is 21.2. The number of hydrogen-bond donors (Lipinski definition) is 0. The largest absolute Gasteiger partial charge is 0.206 e. The number of hydrogen-bond acceptors (Lipinski definition) is 0. The summed E-state index contributed by atoms with van der Waals surface area (Å²) in [6.45, 7) is 0. The molecule has 0 N–H and O–H groups in total. The predicted octanol–water partition coefficient (Wildman–Crippen LogP) is 2.28. The molecule has 0 spiro atoms. The highest BCUT2D eigenvalue weighted by Crippen LogP contribution is 2.31. The van der Waals surface area contributed by atoms with E-state index in [-0.39, 0.29) is 5.83 Å². The summed E-state index contributed by atoms with van der Waals surface area (Å²) in [4.78, 5) is 0. The van der Waals surface area contributed by atoms with E-state index in [4.69, 9.17) is 0 Å². The van der Waals surface area contributed by atoms with Crippen LogP contribution in [0.1, 0.15) is 0 Å². The second kappa shape index (κ2) is 1.44. The van der Waals surface area contributed by atoms with E-state index in [1.165, 1.54) is 6.08 Å². The van der Waals surface area contributed by atoms with Crippen molar-refractivity contribution in [3.63, 3.8) is 0 Å². The Bertz CT molecular complexity index is 264. The fourth-order valence-corrected chi connectivity index (χ4v) is 1.05. The Morgan fingerprint density at radius 3 is 2.78 bits per heavy atom. The molecule has 1 heteroatoms. The molecular formula is C8H5F. The quantitative estimate of drug-likeness (QED) is 0.460. The highest BCUT2D eigenvalue weighted by Gasteiger charge is 2.14. The minimum absolute atomic E-state index is 0.116. The molecule has 2 aliphatic carbocycles. The van der Waals surface area contributed by atoms with Gasteiger partial charge >= 0.3 is 0 Å². The summed E-state index contributed by atoms with van der Waals surface area (Å²) in [7, 11) is 0. The molecule has 0 aromatic heterocycles. The highest BCUT2D eigenvalue weighted by molar-refractivity contribution is 5.61.